The molecule has 15 rings (SSSR count). The van der Waals surface area contributed by atoms with Crippen molar-refractivity contribution in [1.82, 2.24) is 29.9 Å². The number of rotatable bonds is 0. The molecule has 0 amide bonds. The van der Waals surface area contributed by atoms with E-state index in [1.807, 2.05) is 255 Å². The van der Waals surface area contributed by atoms with E-state index in [9.17, 15) is 0 Å². The Hall–Kier alpha value is -6.16. The Balaban J connectivity index is 0.000000217. The van der Waals surface area contributed by atoms with Crippen LogP contribution in [0, 0.1) is 0 Å². The standard InChI is InChI=1S/C24H12N6.6C5H5.2C4H8O.3Ti/c1-2-8-14-13(7-1)25-19-20(26-14)22-24(30-18-12-6-5-11-17(18)28-22)23-21(19)27-15-9-3-4-10-16(15)29-23;8*1-2-4-5-3-1;;;/h1-12H;6*1-5H;2*1-4H2;;;/q;6*-1;;;3*+2. The van der Waals surface area contributed by atoms with Crippen molar-refractivity contribution in [2.75, 3.05) is 26.4 Å². The van der Waals surface area contributed by atoms with Crippen molar-refractivity contribution in [3.05, 3.63) is 255 Å². The summed E-state index contributed by atoms with van der Waals surface area (Å²) in [6, 6.07) is 83.5. The molecule has 3 aromatic heterocycles. The molecule has 13 aromatic rings. The van der Waals surface area contributed by atoms with Gasteiger partial charge in [0.2, 0.25) is 0 Å². The van der Waals surface area contributed by atoms with Gasteiger partial charge in [-0.3, -0.25) is 0 Å². The quantitative estimate of drug-likeness (QED) is 0.0641. The van der Waals surface area contributed by atoms with Gasteiger partial charge >= 0.3 is 65.2 Å². The second-order valence-corrected chi connectivity index (χ2v) is 15.6. The zero-order chi connectivity index (χ0) is 47.9. The summed E-state index contributed by atoms with van der Waals surface area (Å²) in [6.07, 6.45) is 5.11. The molecule has 0 bridgehead atoms. The van der Waals surface area contributed by atoms with Crippen LogP contribution in [-0.2, 0) is 74.6 Å². The Labute approximate surface area is 473 Å². The Kier molecular flexibility index (Phi) is 29.2. The third-order valence-electron chi connectivity index (χ3n) is 10.4. The van der Waals surface area contributed by atoms with Crippen LogP contribution >= 0.6 is 0 Å². The molecule has 0 aliphatic carbocycles. The molecule has 8 nitrogen and oxygen atoms in total. The minimum atomic E-state index is 0. The topological polar surface area (TPSA) is 95.8 Å². The summed E-state index contributed by atoms with van der Waals surface area (Å²) < 4.78 is 9.89. The molecule has 0 radical (unpaired) electrons. The van der Waals surface area contributed by atoms with Gasteiger partial charge < -0.3 is 9.47 Å². The van der Waals surface area contributed by atoms with Gasteiger partial charge in [0.1, 0.15) is 33.1 Å². The van der Waals surface area contributed by atoms with Gasteiger partial charge in [0.15, 0.2) is 0 Å². The van der Waals surface area contributed by atoms with E-state index >= 15 is 0 Å². The molecule has 0 saturated carbocycles. The number of ether oxygens (including phenoxy) is 2. The SMILES string of the molecule is C1CCOC1.C1CCOC1.[Ti+2].[Ti+2].[Ti+2].c1cc[cH-]c1.c1cc[cH-]c1.c1cc[cH-]c1.c1cc[cH-]c1.c1cc[cH-]c1.c1cc[cH-]c1.c1ccc2nc3c(nc2c1)c1nc2ccccc2nc1c1nc2ccccc2nc31. The minimum absolute atomic E-state index is 0. The zero-order valence-corrected chi connectivity index (χ0v) is 45.6. The maximum absolute atomic E-state index is 4.94. The predicted octanol–water partition coefficient (Wildman–Crippen LogP) is 15.0. The third kappa shape index (κ3) is 20.3. The number of nitrogens with zero attached hydrogens (tertiary/aromatic N) is 6. The van der Waals surface area contributed by atoms with Gasteiger partial charge in [0, 0.05) is 26.4 Å². The first kappa shape index (κ1) is 59.4. The minimum Gasteiger partial charge on any atom is -0.381 e. The summed E-state index contributed by atoms with van der Waals surface area (Å²) in [6.45, 7) is 4.00. The largest absolute Gasteiger partial charge is 2.00 e. The van der Waals surface area contributed by atoms with Gasteiger partial charge in [0.05, 0.1) is 33.1 Å². The molecule has 5 heterocycles. The third-order valence-corrected chi connectivity index (χ3v) is 10.4. The van der Waals surface area contributed by atoms with Crippen LogP contribution in [0.5, 0.6) is 0 Å². The summed E-state index contributed by atoms with van der Waals surface area (Å²) in [5, 5.41) is 0. The molecule has 10 aromatic carbocycles. The van der Waals surface area contributed by atoms with Crippen molar-refractivity contribution in [3.8, 4) is 0 Å². The van der Waals surface area contributed by atoms with Gasteiger partial charge in [-0.1, -0.05) is 36.4 Å². The number of fused-ring (bicyclic) bond motifs is 9. The zero-order valence-electron chi connectivity index (χ0n) is 40.9. The Bertz CT molecular complexity index is 2570. The summed E-state index contributed by atoms with van der Waals surface area (Å²) in [4.78, 5) is 29.5. The van der Waals surface area contributed by atoms with Crippen molar-refractivity contribution in [2.24, 2.45) is 0 Å². The molecule has 0 spiro atoms. The van der Waals surface area contributed by atoms with Crippen LogP contribution < -0.4 is 0 Å². The van der Waals surface area contributed by atoms with Crippen LogP contribution in [0.25, 0.3) is 66.2 Å². The fourth-order valence-corrected chi connectivity index (χ4v) is 6.94. The molecule has 0 unspecified atom stereocenters. The molecule has 0 N–H and O–H groups in total. The van der Waals surface area contributed by atoms with E-state index in [-0.39, 0.29) is 65.2 Å². The second kappa shape index (κ2) is 35.9. The molecule has 360 valence electrons. The van der Waals surface area contributed by atoms with E-state index in [0.29, 0.717) is 33.1 Å². The Morgan fingerprint density at radius 2 is 0.384 bits per heavy atom. The van der Waals surface area contributed by atoms with Gasteiger partial charge in [-0.25, -0.2) is 103 Å². The van der Waals surface area contributed by atoms with E-state index in [1.54, 1.807) is 0 Å². The van der Waals surface area contributed by atoms with Crippen molar-refractivity contribution >= 4 is 66.2 Å². The normalized spacial score (nSPS) is 11.5. The summed E-state index contributed by atoms with van der Waals surface area (Å²) in [7, 11) is 0. The Morgan fingerprint density at radius 1 is 0.233 bits per heavy atom. The fraction of sp³-hybridized carbons (Fsp3) is 0.129. The first-order valence-electron chi connectivity index (χ1n) is 23.8. The average molecular weight is 1060 g/mol. The molecule has 2 saturated heterocycles. The van der Waals surface area contributed by atoms with Crippen molar-refractivity contribution < 1.29 is 74.6 Å². The fourth-order valence-electron chi connectivity index (χ4n) is 6.94. The molecule has 0 atom stereocenters. The molecule has 2 fully saturated rings. The number of hydrogen-bond donors (Lipinski definition) is 0. The monoisotopic (exact) mass is 1060 g/mol. The first-order valence-corrected chi connectivity index (χ1v) is 23.8. The molecule has 2 aliphatic rings. The maximum Gasteiger partial charge on any atom is 2.00 e. The van der Waals surface area contributed by atoms with E-state index in [4.69, 9.17) is 39.4 Å². The summed E-state index contributed by atoms with van der Waals surface area (Å²) >= 11 is 0. The number of hydrogen-bond acceptors (Lipinski definition) is 8. The van der Waals surface area contributed by atoms with Crippen LogP contribution in [0.1, 0.15) is 25.7 Å². The van der Waals surface area contributed by atoms with Gasteiger partial charge in [-0.05, 0) is 62.1 Å². The van der Waals surface area contributed by atoms with E-state index < -0.39 is 0 Å². The second-order valence-electron chi connectivity index (χ2n) is 15.6. The number of para-hydroxylation sites is 6. The number of aromatic nitrogens is 6. The van der Waals surface area contributed by atoms with Gasteiger partial charge in [0.25, 0.3) is 0 Å². The van der Waals surface area contributed by atoms with E-state index in [1.165, 1.54) is 25.7 Å². The van der Waals surface area contributed by atoms with Gasteiger partial charge in [-0.15, -0.1) is 0 Å². The number of benzene rings is 4. The molecule has 73 heavy (non-hydrogen) atoms. The van der Waals surface area contributed by atoms with Crippen LogP contribution in [0.2, 0.25) is 0 Å². The molecular formula is C62H58N6O2Ti3. The predicted molar refractivity (Wildman–Crippen MR) is 291 cm³/mol. The average Bonchev–Trinajstić information content (AvgIpc) is 4.28. The van der Waals surface area contributed by atoms with E-state index in [2.05, 4.69) is 0 Å². The maximum atomic E-state index is 4.94. The van der Waals surface area contributed by atoms with E-state index in [0.717, 1.165) is 59.5 Å². The Morgan fingerprint density at radius 3 is 0.479 bits per heavy atom. The molecule has 2 aliphatic heterocycles. The van der Waals surface area contributed by atoms with Crippen LogP contribution in [0.15, 0.2) is 255 Å². The van der Waals surface area contributed by atoms with Gasteiger partial charge in [-0.2, -0.15) is 109 Å². The molecule has 11 heteroatoms. The smallest absolute Gasteiger partial charge is 0.381 e. The summed E-state index contributed by atoms with van der Waals surface area (Å²) in [5.74, 6) is 0. The van der Waals surface area contributed by atoms with Crippen LogP contribution in [-0.4, -0.2) is 56.3 Å². The van der Waals surface area contributed by atoms with Crippen LogP contribution in [0.3, 0.4) is 0 Å². The first-order chi connectivity index (χ1) is 34.8. The summed E-state index contributed by atoms with van der Waals surface area (Å²) in [5.41, 5.74) is 9.05. The van der Waals surface area contributed by atoms with Crippen molar-refractivity contribution in [3.63, 3.8) is 0 Å². The van der Waals surface area contributed by atoms with Crippen LogP contribution in [0.4, 0.5) is 0 Å². The molecular weight excluding hydrogens is 1000 g/mol. The van der Waals surface area contributed by atoms with Crippen molar-refractivity contribution in [2.45, 2.75) is 25.7 Å². The van der Waals surface area contributed by atoms with Crippen molar-refractivity contribution in [1.29, 1.82) is 0 Å².